The van der Waals surface area contributed by atoms with Crippen LogP contribution in [0, 0.1) is 11.6 Å². The van der Waals surface area contributed by atoms with E-state index in [4.69, 9.17) is 9.47 Å². The highest BCUT2D eigenvalue weighted by Gasteiger charge is 2.16. The van der Waals surface area contributed by atoms with Crippen molar-refractivity contribution in [2.24, 2.45) is 0 Å². The number of rotatable bonds is 9. The maximum absolute atomic E-state index is 13.6. The standard InChI is InChI=1S/C28H23F2IO2/c29-23-11-7-21(8-12-23)25-17-26(22-9-13-24(30)14-10-22)28(18-27(25)32-16-4-15-31)33-19-20-5-2-1-3-6-20/h1-3,5-14,17-18H,4,15-16,19H2. The van der Waals surface area contributed by atoms with Crippen LogP contribution < -0.4 is 9.47 Å². The third kappa shape index (κ3) is 6.11. The first kappa shape index (κ1) is 23.2. The molecule has 0 unspecified atom stereocenters. The summed E-state index contributed by atoms with van der Waals surface area (Å²) in [4.78, 5) is 0. The molecule has 4 rings (SSSR count). The summed E-state index contributed by atoms with van der Waals surface area (Å²) in [5.74, 6) is 0.705. The highest BCUT2D eigenvalue weighted by atomic mass is 127. The highest BCUT2D eigenvalue weighted by molar-refractivity contribution is 14.1. The van der Waals surface area contributed by atoms with Gasteiger partial charge in [-0.2, -0.15) is 0 Å². The van der Waals surface area contributed by atoms with E-state index in [1.54, 1.807) is 24.3 Å². The van der Waals surface area contributed by atoms with Gasteiger partial charge in [-0.15, -0.1) is 0 Å². The monoisotopic (exact) mass is 556 g/mol. The zero-order valence-electron chi connectivity index (χ0n) is 17.9. The summed E-state index contributed by atoms with van der Waals surface area (Å²) < 4.78 is 40.5. The molecular formula is C28H23F2IO2. The van der Waals surface area contributed by atoms with Gasteiger partial charge in [0.05, 0.1) is 6.61 Å². The molecule has 0 aliphatic heterocycles. The Morgan fingerprint density at radius 1 is 0.636 bits per heavy atom. The van der Waals surface area contributed by atoms with Crippen LogP contribution in [0.3, 0.4) is 0 Å². The van der Waals surface area contributed by atoms with E-state index < -0.39 is 0 Å². The van der Waals surface area contributed by atoms with Gasteiger partial charge >= 0.3 is 0 Å². The Morgan fingerprint density at radius 3 is 1.73 bits per heavy atom. The number of hydrogen-bond donors (Lipinski definition) is 0. The van der Waals surface area contributed by atoms with Gasteiger partial charge in [0, 0.05) is 21.6 Å². The molecule has 0 N–H and O–H groups in total. The van der Waals surface area contributed by atoms with Crippen LogP contribution in [0.25, 0.3) is 22.3 Å². The summed E-state index contributed by atoms with van der Waals surface area (Å²) in [5, 5.41) is 0. The van der Waals surface area contributed by atoms with E-state index in [0.717, 1.165) is 38.7 Å². The summed E-state index contributed by atoms with van der Waals surface area (Å²) in [6.07, 6.45) is 0.906. The predicted molar refractivity (Wildman–Crippen MR) is 137 cm³/mol. The van der Waals surface area contributed by atoms with Gasteiger partial charge < -0.3 is 9.47 Å². The molecule has 4 aromatic rings. The zero-order chi connectivity index (χ0) is 23.0. The van der Waals surface area contributed by atoms with Crippen LogP contribution in [-0.2, 0) is 6.61 Å². The quantitative estimate of drug-likeness (QED) is 0.118. The van der Waals surface area contributed by atoms with Crippen molar-refractivity contribution in [2.75, 3.05) is 11.0 Å². The minimum atomic E-state index is -0.303. The third-order valence-corrected chi connectivity index (χ3v) is 5.93. The first-order valence-corrected chi connectivity index (χ1v) is 12.2. The Balaban J connectivity index is 1.80. The molecule has 0 spiro atoms. The van der Waals surface area contributed by atoms with Crippen LogP contribution >= 0.6 is 22.6 Å². The van der Waals surface area contributed by atoms with Gasteiger partial charge in [-0.25, -0.2) is 8.78 Å². The Morgan fingerprint density at radius 2 is 1.18 bits per heavy atom. The van der Waals surface area contributed by atoms with Gasteiger partial charge in [-0.3, -0.25) is 0 Å². The fourth-order valence-corrected chi connectivity index (χ4v) is 3.79. The van der Waals surface area contributed by atoms with Crippen LogP contribution in [-0.4, -0.2) is 11.0 Å². The molecular weight excluding hydrogens is 533 g/mol. The van der Waals surface area contributed by atoms with Crippen LogP contribution in [0.15, 0.2) is 91.0 Å². The van der Waals surface area contributed by atoms with Crippen LogP contribution in [0.4, 0.5) is 8.78 Å². The molecule has 168 valence electrons. The van der Waals surface area contributed by atoms with E-state index >= 15 is 0 Å². The van der Waals surface area contributed by atoms with Gasteiger partial charge in [0.1, 0.15) is 29.7 Å². The van der Waals surface area contributed by atoms with Gasteiger partial charge in [-0.05, 0) is 53.4 Å². The van der Waals surface area contributed by atoms with Crippen LogP contribution in [0.1, 0.15) is 12.0 Å². The minimum absolute atomic E-state index is 0.298. The first-order chi connectivity index (χ1) is 16.1. The molecule has 0 fully saturated rings. The van der Waals surface area contributed by atoms with Crippen molar-refractivity contribution in [3.8, 4) is 33.8 Å². The summed E-state index contributed by atoms with van der Waals surface area (Å²) in [7, 11) is 0. The van der Waals surface area contributed by atoms with Gasteiger partial charge in [0.25, 0.3) is 0 Å². The van der Waals surface area contributed by atoms with Crippen molar-refractivity contribution < 1.29 is 18.3 Å². The van der Waals surface area contributed by atoms with Gasteiger partial charge in [-0.1, -0.05) is 77.2 Å². The third-order valence-electron chi connectivity index (χ3n) is 5.16. The predicted octanol–water partition coefficient (Wildman–Crippen LogP) is 8.08. The fraction of sp³-hybridized carbons (Fsp3) is 0.143. The molecule has 0 aliphatic rings. The summed E-state index contributed by atoms with van der Waals surface area (Å²) in [6.45, 7) is 0.948. The smallest absolute Gasteiger partial charge is 0.131 e. The average molecular weight is 556 g/mol. The molecule has 2 nitrogen and oxygen atoms in total. The first-order valence-electron chi connectivity index (χ1n) is 10.7. The summed E-state index contributed by atoms with van der Waals surface area (Å²) in [6, 6.07) is 26.4. The number of benzene rings is 4. The highest BCUT2D eigenvalue weighted by Crippen LogP contribution is 2.41. The SMILES string of the molecule is Fc1ccc(-c2cc(-c3ccc(F)cc3)c(OCc3ccccc3)cc2OCCCI)cc1. The van der Waals surface area contributed by atoms with Crippen molar-refractivity contribution in [3.63, 3.8) is 0 Å². The molecule has 33 heavy (non-hydrogen) atoms. The Bertz CT molecular complexity index is 1180. The largest absolute Gasteiger partial charge is 0.493 e. The lowest BCUT2D eigenvalue weighted by Gasteiger charge is -2.18. The lowest BCUT2D eigenvalue weighted by Crippen LogP contribution is -2.02. The maximum Gasteiger partial charge on any atom is 0.131 e. The molecule has 0 amide bonds. The second-order valence-corrected chi connectivity index (χ2v) is 8.60. The lowest BCUT2D eigenvalue weighted by atomic mass is 9.97. The van der Waals surface area contributed by atoms with E-state index in [0.29, 0.717) is 24.7 Å². The molecule has 0 aromatic heterocycles. The molecule has 0 saturated carbocycles. The van der Waals surface area contributed by atoms with Crippen LogP contribution in [0.2, 0.25) is 0 Å². The second kappa shape index (κ2) is 11.3. The zero-order valence-corrected chi connectivity index (χ0v) is 20.1. The van der Waals surface area contributed by atoms with Crippen molar-refractivity contribution in [1.82, 2.24) is 0 Å². The molecule has 0 saturated heterocycles. The summed E-state index contributed by atoms with van der Waals surface area (Å²) >= 11 is 2.32. The molecule has 0 bridgehead atoms. The van der Waals surface area contributed by atoms with E-state index in [1.807, 2.05) is 42.5 Å². The Labute approximate surface area is 206 Å². The summed E-state index contributed by atoms with van der Waals surface area (Å²) in [5.41, 5.74) is 4.33. The number of hydrogen-bond acceptors (Lipinski definition) is 2. The number of halogens is 3. The normalized spacial score (nSPS) is 10.8. The average Bonchev–Trinajstić information content (AvgIpc) is 2.85. The van der Waals surface area contributed by atoms with Crippen molar-refractivity contribution >= 4 is 22.6 Å². The Kier molecular flexibility index (Phi) is 7.94. The Hall–Kier alpha value is -2.93. The molecule has 0 atom stereocenters. The van der Waals surface area contributed by atoms with Crippen molar-refractivity contribution in [3.05, 3.63) is 108 Å². The molecule has 0 radical (unpaired) electrons. The van der Waals surface area contributed by atoms with Crippen molar-refractivity contribution in [1.29, 1.82) is 0 Å². The second-order valence-electron chi connectivity index (χ2n) is 7.52. The lowest BCUT2D eigenvalue weighted by molar-refractivity contribution is 0.297. The molecule has 4 aromatic carbocycles. The molecule has 0 aliphatic carbocycles. The van der Waals surface area contributed by atoms with Crippen LogP contribution in [0.5, 0.6) is 11.5 Å². The van der Waals surface area contributed by atoms with Gasteiger partial charge in [0.2, 0.25) is 0 Å². The topological polar surface area (TPSA) is 18.5 Å². The van der Waals surface area contributed by atoms with Gasteiger partial charge in [0.15, 0.2) is 0 Å². The van der Waals surface area contributed by atoms with E-state index in [1.165, 1.54) is 24.3 Å². The minimum Gasteiger partial charge on any atom is -0.493 e. The molecule has 0 heterocycles. The number of ether oxygens (including phenoxy) is 2. The van der Waals surface area contributed by atoms with E-state index in [2.05, 4.69) is 22.6 Å². The van der Waals surface area contributed by atoms with E-state index in [9.17, 15) is 8.78 Å². The number of alkyl halides is 1. The maximum atomic E-state index is 13.6. The van der Waals surface area contributed by atoms with Crippen molar-refractivity contribution in [2.45, 2.75) is 13.0 Å². The fourth-order valence-electron chi connectivity index (χ4n) is 3.48. The molecule has 5 heteroatoms. The van der Waals surface area contributed by atoms with E-state index in [-0.39, 0.29) is 11.6 Å².